The molecule has 0 saturated carbocycles. The first kappa shape index (κ1) is 17.2. The summed E-state index contributed by atoms with van der Waals surface area (Å²) in [5.41, 5.74) is 0.106. The van der Waals surface area contributed by atoms with Crippen LogP contribution >= 0.6 is 38.5 Å². The molecule has 0 bridgehead atoms. The van der Waals surface area contributed by atoms with Gasteiger partial charge in [0.2, 0.25) is 0 Å². The highest BCUT2D eigenvalue weighted by Gasteiger charge is 2.21. The first-order valence-electron chi connectivity index (χ1n) is 5.91. The van der Waals surface area contributed by atoms with Crippen LogP contribution in [0.4, 0.5) is 0 Å². The Kier molecular flexibility index (Phi) is 5.45. The highest BCUT2D eigenvalue weighted by molar-refractivity contribution is 14.1. The van der Waals surface area contributed by atoms with Crippen LogP contribution in [0.5, 0.6) is 5.75 Å². The number of rotatable bonds is 4. The van der Waals surface area contributed by atoms with Crippen molar-refractivity contribution in [1.82, 2.24) is 0 Å². The molecule has 0 aromatic heterocycles. The van der Waals surface area contributed by atoms with Crippen molar-refractivity contribution in [3.05, 3.63) is 56.1 Å². The van der Waals surface area contributed by atoms with Crippen molar-refractivity contribution in [2.24, 2.45) is 0 Å². The Bertz CT molecular complexity index is 820. The van der Waals surface area contributed by atoms with Crippen LogP contribution in [0.2, 0.25) is 0 Å². The summed E-state index contributed by atoms with van der Waals surface area (Å²) in [5.74, 6) is -0.437. The van der Waals surface area contributed by atoms with E-state index in [1.54, 1.807) is 18.2 Å². The van der Waals surface area contributed by atoms with E-state index in [1.165, 1.54) is 25.3 Å². The van der Waals surface area contributed by atoms with Gasteiger partial charge in [0.15, 0.2) is 0 Å². The van der Waals surface area contributed by atoms with Crippen LogP contribution < -0.4 is 4.18 Å². The Hall–Kier alpha value is -1.13. The Morgan fingerprint density at radius 3 is 2.55 bits per heavy atom. The molecule has 0 spiro atoms. The predicted molar refractivity (Wildman–Crippen MR) is 92.5 cm³/mol. The van der Waals surface area contributed by atoms with Crippen LogP contribution in [0, 0.1) is 3.57 Å². The fraction of sp³-hybridized carbons (Fsp3) is 0.0714. The van der Waals surface area contributed by atoms with Crippen molar-refractivity contribution >= 4 is 54.6 Å². The number of hydrogen-bond donors (Lipinski definition) is 0. The van der Waals surface area contributed by atoms with E-state index in [9.17, 15) is 13.2 Å². The van der Waals surface area contributed by atoms with Crippen molar-refractivity contribution < 1.29 is 22.1 Å². The highest BCUT2D eigenvalue weighted by atomic mass is 127. The number of ether oxygens (including phenoxy) is 1. The molecule has 2 rings (SSSR count). The van der Waals surface area contributed by atoms with E-state index in [1.807, 2.05) is 6.07 Å². The molecule has 0 aliphatic rings. The summed E-state index contributed by atoms with van der Waals surface area (Å²) < 4.78 is 35.6. The van der Waals surface area contributed by atoms with Gasteiger partial charge in [-0.1, -0.05) is 6.07 Å². The summed E-state index contributed by atoms with van der Waals surface area (Å²) >= 11 is 5.23. The van der Waals surface area contributed by atoms with Crippen LogP contribution in [0.3, 0.4) is 0 Å². The van der Waals surface area contributed by atoms with E-state index in [-0.39, 0.29) is 16.2 Å². The Labute approximate surface area is 150 Å². The van der Waals surface area contributed by atoms with E-state index in [2.05, 4.69) is 43.3 Å². The lowest BCUT2D eigenvalue weighted by atomic mass is 10.2. The van der Waals surface area contributed by atoms with Gasteiger partial charge in [0.25, 0.3) is 0 Å². The number of carbonyl (C=O) groups excluding carboxylic acids is 1. The third-order valence-electron chi connectivity index (χ3n) is 2.63. The average Bonchev–Trinajstić information content (AvgIpc) is 2.46. The van der Waals surface area contributed by atoms with Crippen LogP contribution in [0.1, 0.15) is 10.4 Å². The molecule has 0 atom stereocenters. The number of esters is 1. The van der Waals surface area contributed by atoms with Gasteiger partial charge in [-0.25, -0.2) is 4.79 Å². The van der Waals surface area contributed by atoms with E-state index >= 15 is 0 Å². The lowest BCUT2D eigenvalue weighted by Gasteiger charge is -2.09. The molecule has 116 valence electrons. The molecule has 0 amide bonds. The first-order valence-corrected chi connectivity index (χ1v) is 9.19. The molecule has 0 N–H and O–H groups in total. The normalized spacial score (nSPS) is 11.0. The lowest BCUT2D eigenvalue weighted by Crippen LogP contribution is -2.12. The van der Waals surface area contributed by atoms with E-state index in [0.717, 1.165) is 3.57 Å². The second-order valence-corrected chi connectivity index (χ2v) is 7.77. The molecule has 0 fully saturated rings. The Morgan fingerprint density at radius 1 is 1.18 bits per heavy atom. The molecular weight excluding hydrogens is 487 g/mol. The number of methoxy groups -OCH3 is 1. The van der Waals surface area contributed by atoms with Gasteiger partial charge in [-0.15, -0.1) is 0 Å². The maximum Gasteiger partial charge on any atom is 0.339 e. The maximum atomic E-state index is 12.3. The van der Waals surface area contributed by atoms with Crippen molar-refractivity contribution in [3.63, 3.8) is 0 Å². The van der Waals surface area contributed by atoms with Gasteiger partial charge in [-0.2, -0.15) is 8.42 Å². The molecule has 0 aliphatic carbocycles. The van der Waals surface area contributed by atoms with Gasteiger partial charge in [-0.05, 0) is 74.9 Å². The average molecular weight is 497 g/mol. The van der Waals surface area contributed by atoms with Crippen LogP contribution in [0.15, 0.2) is 51.8 Å². The Morgan fingerprint density at radius 2 is 1.91 bits per heavy atom. The molecule has 0 heterocycles. The van der Waals surface area contributed by atoms with Gasteiger partial charge >= 0.3 is 16.1 Å². The number of carbonyl (C=O) groups is 1. The van der Waals surface area contributed by atoms with Crippen molar-refractivity contribution in [3.8, 4) is 5.75 Å². The third kappa shape index (κ3) is 3.99. The molecular formula is C14H10BrIO5S. The summed E-state index contributed by atoms with van der Waals surface area (Å²) in [5, 5.41) is 0. The fourth-order valence-electron chi connectivity index (χ4n) is 1.62. The monoisotopic (exact) mass is 496 g/mol. The highest BCUT2D eigenvalue weighted by Crippen LogP contribution is 2.25. The van der Waals surface area contributed by atoms with Crippen molar-refractivity contribution in [1.29, 1.82) is 0 Å². The predicted octanol–water partition coefficient (Wildman–Crippen LogP) is 3.61. The third-order valence-corrected chi connectivity index (χ3v) is 5.24. The molecule has 8 heteroatoms. The Balaban J connectivity index is 2.39. The van der Waals surface area contributed by atoms with E-state index < -0.39 is 16.1 Å². The topological polar surface area (TPSA) is 69.7 Å². The molecule has 5 nitrogen and oxygen atoms in total. The minimum atomic E-state index is -4.04. The molecule has 2 aromatic carbocycles. The zero-order valence-electron chi connectivity index (χ0n) is 11.2. The molecule has 0 saturated heterocycles. The summed E-state index contributed by atoms with van der Waals surface area (Å²) in [4.78, 5) is 11.5. The molecule has 2 aromatic rings. The zero-order chi connectivity index (χ0) is 16.3. The second-order valence-electron chi connectivity index (χ2n) is 4.13. The number of halogens is 2. The van der Waals surface area contributed by atoms with Gasteiger partial charge < -0.3 is 8.92 Å². The van der Waals surface area contributed by atoms with Gasteiger partial charge in [0.05, 0.1) is 12.7 Å². The molecule has 0 unspecified atom stereocenters. The standard InChI is InChI=1S/C14H10BrIO5S/c1-20-14(17)12-8-11(5-6-13(12)15)22(18,19)21-10-4-2-3-9(16)7-10/h2-8H,1H3. The van der Waals surface area contributed by atoms with Crippen molar-refractivity contribution in [2.75, 3.05) is 7.11 Å². The molecule has 0 aliphatic heterocycles. The summed E-state index contributed by atoms with van der Waals surface area (Å²) in [6.07, 6.45) is 0. The first-order chi connectivity index (χ1) is 10.3. The lowest BCUT2D eigenvalue weighted by molar-refractivity contribution is 0.0599. The van der Waals surface area contributed by atoms with Crippen LogP contribution in [-0.2, 0) is 14.9 Å². The summed E-state index contributed by atoms with van der Waals surface area (Å²) in [6.45, 7) is 0. The van der Waals surface area contributed by atoms with Crippen LogP contribution in [-0.4, -0.2) is 21.5 Å². The smallest absolute Gasteiger partial charge is 0.339 e. The second kappa shape index (κ2) is 6.97. The van der Waals surface area contributed by atoms with Gasteiger partial charge in [0, 0.05) is 8.04 Å². The summed E-state index contributed by atoms with van der Waals surface area (Å²) in [6, 6.07) is 10.7. The van der Waals surface area contributed by atoms with Crippen LogP contribution in [0.25, 0.3) is 0 Å². The quantitative estimate of drug-likeness (QED) is 0.367. The van der Waals surface area contributed by atoms with Crippen molar-refractivity contribution in [2.45, 2.75) is 4.90 Å². The SMILES string of the molecule is COC(=O)c1cc(S(=O)(=O)Oc2cccc(I)c2)ccc1Br. The minimum Gasteiger partial charge on any atom is -0.465 e. The largest absolute Gasteiger partial charge is 0.465 e. The van der Waals surface area contributed by atoms with E-state index in [0.29, 0.717) is 4.47 Å². The molecule has 22 heavy (non-hydrogen) atoms. The van der Waals surface area contributed by atoms with Gasteiger partial charge in [-0.3, -0.25) is 0 Å². The number of hydrogen-bond acceptors (Lipinski definition) is 5. The zero-order valence-corrected chi connectivity index (χ0v) is 15.8. The molecule has 0 radical (unpaired) electrons. The maximum absolute atomic E-state index is 12.3. The fourth-order valence-corrected chi connectivity index (χ4v) is 3.49. The summed E-state index contributed by atoms with van der Waals surface area (Å²) in [7, 11) is -2.82. The number of benzene rings is 2. The minimum absolute atomic E-state index is 0.106. The van der Waals surface area contributed by atoms with Gasteiger partial charge in [0.1, 0.15) is 10.6 Å². The van der Waals surface area contributed by atoms with E-state index in [4.69, 9.17) is 4.18 Å².